The molecule has 7 heteroatoms. The highest BCUT2D eigenvalue weighted by Crippen LogP contribution is 2.37. The molecule has 3 unspecified atom stereocenters. The molecule has 24 heavy (non-hydrogen) atoms. The van der Waals surface area contributed by atoms with Gasteiger partial charge in [0.05, 0.1) is 34.1 Å². The van der Waals surface area contributed by atoms with E-state index >= 15 is 0 Å². The Morgan fingerprint density at radius 2 is 2.17 bits per heavy atom. The number of carbonyl (C=O) groups is 1. The summed E-state index contributed by atoms with van der Waals surface area (Å²) in [6.07, 6.45) is 6.49. The Kier molecular flexibility index (Phi) is 5.04. The fraction of sp³-hybridized carbons (Fsp3) is 0.353. The normalized spacial score (nSPS) is 24.7. The summed E-state index contributed by atoms with van der Waals surface area (Å²) in [5, 5.41) is 4.47. The molecule has 3 atom stereocenters. The zero-order valence-corrected chi connectivity index (χ0v) is 14.9. The first-order valence-electron chi connectivity index (χ1n) is 7.65. The van der Waals surface area contributed by atoms with Crippen molar-refractivity contribution in [3.8, 4) is 0 Å². The maximum atomic E-state index is 10.9. The van der Waals surface area contributed by atoms with E-state index in [1.807, 2.05) is 43.1 Å². The quantitative estimate of drug-likeness (QED) is 0.726. The standard InChI is InChI=1S/C17H18Cl2N2O3/c1-11-8-16(17-4-3-7-23-17)20(21(11)24-10-22)12(2)13-5-6-14(18)15(19)9-13/h3,5-10,12,16-17H,4H2,1-2H3. The molecule has 128 valence electrons. The van der Waals surface area contributed by atoms with Gasteiger partial charge in [-0.25, -0.2) is 0 Å². The third kappa shape index (κ3) is 3.11. The van der Waals surface area contributed by atoms with Crippen LogP contribution >= 0.6 is 23.2 Å². The minimum Gasteiger partial charge on any atom is -0.496 e. The van der Waals surface area contributed by atoms with E-state index in [0.717, 1.165) is 17.7 Å². The monoisotopic (exact) mass is 368 g/mol. The van der Waals surface area contributed by atoms with Crippen molar-refractivity contribution in [1.29, 1.82) is 0 Å². The van der Waals surface area contributed by atoms with E-state index in [2.05, 4.69) is 0 Å². The topological polar surface area (TPSA) is 42.0 Å². The van der Waals surface area contributed by atoms with Crippen LogP contribution in [-0.4, -0.2) is 28.8 Å². The van der Waals surface area contributed by atoms with Crippen molar-refractivity contribution in [2.75, 3.05) is 0 Å². The van der Waals surface area contributed by atoms with Crippen LogP contribution in [0.25, 0.3) is 0 Å². The first-order valence-corrected chi connectivity index (χ1v) is 8.41. The van der Waals surface area contributed by atoms with E-state index in [-0.39, 0.29) is 18.2 Å². The molecule has 0 spiro atoms. The summed E-state index contributed by atoms with van der Waals surface area (Å²) in [6, 6.07) is 5.33. The molecule has 0 saturated heterocycles. The molecular formula is C17H18Cl2N2O3. The average molecular weight is 369 g/mol. The van der Waals surface area contributed by atoms with Crippen LogP contribution in [0.1, 0.15) is 31.9 Å². The number of hydrazine groups is 1. The van der Waals surface area contributed by atoms with Gasteiger partial charge in [-0.1, -0.05) is 29.3 Å². The van der Waals surface area contributed by atoms with Crippen molar-refractivity contribution in [1.82, 2.24) is 10.2 Å². The molecule has 0 amide bonds. The minimum absolute atomic E-state index is 0.0366. The van der Waals surface area contributed by atoms with Crippen molar-refractivity contribution in [2.45, 2.75) is 38.5 Å². The molecular weight excluding hydrogens is 351 g/mol. The fourth-order valence-corrected chi connectivity index (χ4v) is 3.42. The SMILES string of the molecule is CC1=CC(C2CC=CO2)N(C(C)c2ccc(Cl)c(Cl)c2)N1OC=O. The number of halogens is 2. The van der Waals surface area contributed by atoms with Gasteiger partial charge in [0.2, 0.25) is 0 Å². The maximum Gasteiger partial charge on any atom is 0.322 e. The van der Waals surface area contributed by atoms with Gasteiger partial charge in [0, 0.05) is 6.42 Å². The summed E-state index contributed by atoms with van der Waals surface area (Å²) in [6.45, 7) is 4.32. The third-order valence-corrected chi connectivity index (χ3v) is 5.03. The molecule has 0 N–H and O–H groups in total. The highest BCUT2D eigenvalue weighted by molar-refractivity contribution is 6.42. The molecule has 0 fully saturated rings. The molecule has 5 nitrogen and oxygen atoms in total. The number of hydroxylamine groups is 1. The average Bonchev–Trinajstić information content (AvgIpc) is 3.19. The fourth-order valence-electron chi connectivity index (χ4n) is 3.11. The number of ether oxygens (including phenoxy) is 1. The van der Waals surface area contributed by atoms with Gasteiger partial charge < -0.3 is 9.57 Å². The van der Waals surface area contributed by atoms with Crippen LogP contribution in [0.15, 0.2) is 42.3 Å². The smallest absolute Gasteiger partial charge is 0.322 e. The summed E-state index contributed by atoms with van der Waals surface area (Å²) in [5.41, 5.74) is 1.79. The van der Waals surface area contributed by atoms with Gasteiger partial charge in [-0.15, -0.1) is 5.17 Å². The molecule has 2 aliphatic rings. The van der Waals surface area contributed by atoms with Crippen molar-refractivity contribution >= 4 is 29.7 Å². The predicted molar refractivity (Wildman–Crippen MR) is 91.9 cm³/mol. The largest absolute Gasteiger partial charge is 0.496 e. The number of nitrogens with zero attached hydrogens (tertiary/aromatic N) is 2. The second-order valence-electron chi connectivity index (χ2n) is 5.78. The highest BCUT2D eigenvalue weighted by Gasteiger charge is 2.41. The number of allylic oxidation sites excluding steroid dienone is 1. The predicted octanol–water partition coefficient (Wildman–Crippen LogP) is 4.25. The van der Waals surface area contributed by atoms with Crippen molar-refractivity contribution in [3.63, 3.8) is 0 Å². The number of hydrogen-bond acceptors (Lipinski definition) is 5. The lowest BCUT2D eigenvalue weighted by Gasteiger charge is -2.38. The second kappa shape index (κ2) is 7.05. The Morgan fingerprint density at radius 3 is 2.79 bits per heavy atom. The summed E-state index contributed by atoms with van der Waals surface area (Å²) < 4.78 is 5.69. The first kappa shape index (κ1) is 17.1. The van der Waals surface area contributed by atoms with Gasteiger partial charge in [0.1, 0.15) is 6.10 Å². The van der Waals surface area contributed by atoms with Crippen molar-refractivity contribution < 1.29 is 14.4 Å². The van der Waals surface area contributed by atoms with E-state index in [0.29, 0.717) is 16.5 Å². The number of benzene rings is 1. The van der Waals surface area contributed by atoms with E-state index in [1.165, 1.54) is 5.17 Å². The maximum absolute atomic E-state index is 10.9. The lowest BCUT2D eigenvalue weighted by molar-refractivity contribution is -0.252. The third-order valence-electron chi connectivity index (χ3n) is 4.29. The Labute approximate surface area is 150 Å². The summed E-state index contributed by atoms with van der Waals surface area (Å²) in [5.74, 6) is 0. The van der Waals surface area contributed by atoms with Gasteiger partial charge in [-0.05, 0) is 43.7 Å². The van der Waals surface area contributed by atoms with Crippen LogP contribution in [0, 0.1) is 0 Å². The molecule has 0 aromatic heterocycles. The van der Waals surface area contributed by atoms with Gasteiger partial charge in [-0.3, -0.25) is 4.79 Å². The molecule has 0 bridgehead atoms. The molecule has 0 radical (unpaired) electrons. The Hall–Kier alpha value is -1.69. The van der Waals surface area contributed by atoms with Crippen molar-refractivity contribution in [3.05, 3.63) is 57.9 Å². The van der Waals surface area contributed by atoms with E-state index in [1.54, 1.807) is 12.3 Å². The van der Waals surface area contributed by atoms with Crippen molar-refractivity contribution in [2.24, 2.45) is 0 Å². The highest BCUT2D eigenvalue weighted by atomic mass is 35.5. The van der Waals surface area contributed by atoms with E-state index < -0.39 is 0 Å². The van der Waals surface area contributed by atoms with E-state index in [9.17, 15) is 4.79 Å². The molecule has 2 aliphatic heterocycles. The zero-order valence-electron chi connectivity index (χ0n) is 13.4. The molecule has 3 rings (SSSR count). The van der Waals surface area contributed by atoms with Crippen LogP contribution < -0.4 is 0 Å². The lowest BCUT2D eigenvalue weighted by Crippen LogP contribution is -2.48. The molecule has 2 heterocycles. The van der Waals surface area contributed by atoms with Gasteiger partial charge >= 0.3 is 6.47 Å². The van der Waals surface area contributed by atoms with Gasteiger partial charge in [0.25, 0.3) is 0 Å². The van der Waals surface area contributed by atoms with Gasteiger partial charge in [0.15, 0.2) is 0 Å². The van der Waals surface area contributed by atoms with Crippen LogP contribution in [0.4, 0.5) is 0 Å². The second-order valence-corrected chi connectivity index (χ2v) is 6.60. The summed E-state index contributed by atoms with van der Waals surface area (Å²) >= 11 is 12.2. The summed E-state index contributed by atoms with van der Waals surface area (Å²) in [7, 11) is 0. The molecule has 0 aliphatic carbocycles. The van der Waals surface area contributed by atoms with E-state index in [4.69, 9.17) is 32.8 Å². The number of carbonyl (C=O) groups excluding carboxylic acids is 1. The van der Waals surface area contributed by atoms with Crippen LogP contribution in [0.3, 0.4) is 0 Å². The molecule has 1 aromatic rings. The lowest BCUT2D eigenvalue weighted by atomic mass is 10.0. The minimum atomic E-state index is -0.109. The van der Waals surface area contributed by atoms with Crippen LogP contribution in [-0.2, 0) is 14.4 Å². The Bertz CT molecular complexity index is 684. The first-order chi connectivity index (χ1) is 11.5. The Morgan fingerprint density at radius 1 is 1.38 bits per heavy atom. The number of hydrogen-bond donors (Lipinski definition) is 0. The number of rotatable bonds is 5. The molecule has 0 saturated carbocycles. The van der Waals surface area contributed by atoms with Crippen LogP contribution in [0.2, 0.25) is 10.0 Å². The Balaban J connectivity index is 1.92. The molecule has 1 aromatic carbocycles. The van der Waals surface area contributed by atoms with Crippen LogP contribution in [0.5, 0.6) is 0 Å². The summed E-state index contributed by atoms with van der Waals surface area (Å²) in [4.78, 5) is 16.1. The van der Waals surface area contributed by atoms with Gasteiger partial charge in [-0.2, -0.15) is 5.01 Å². The zero-order chi connectivity index (χ0) is 17.3.